The Bertz CT molecular complexity index is 397. The molecule has 0 atom stereocenters. The lowest BCUT2D eigenvalue weighted by Crippen LogP contribution is -2.42. The lowest BCUT2D eigenvalue weighted by atomic mass is 10.0. The Morgan fingerprint density at radius 3 is 2.56 bits per heavy atom. The molecule has 1 aromatic rings. The summed E-state index contributed by atoms with van der Waals surface area (Å²) in [7, 11) is 4.38. The Hall–Kier alpha value is -1.06. The molecular weight excluding hydrogens is 224 g/mol. The molecule has 0 saturated carbocycles. The van der Waals surface area contributed by atoms with Gasteiger partial charge < -0.3 is 14.9 Å². The molecule has 1 heterocycles. The summed E-state index contributed by atoms with van der Waals surface area (Å²) >= 11 is 0. The number of likely N-dealkylation sites (tertiary alicyclic amines) is 1. The van der Waals surface area contributed by atoms with Crippen molar-refractivity contribution in [2.45, 2.75) is 32.4 Å². The maximum Gasteiger partial charge on any atom is 0.0681 e. The third kappa shape index (κ3) is 2.85. The minimum atomic E-state index is 0.124. The summed E-state index contributed by atoms with van der Waals surface area (Å²) in [5.74, 6) is 0. The molecule has 3 nitrogen and oxygen atoms in total. The van der Waals surface area contributed by atoms with E-state index in [1.807, 2.05) is 6.07 Å². The van der Waals surface area contributed by atoms with E-state index in [1.54, 1.807) is 0 Å². The van der Waals surface area contributed by atoms with E-state index in [2.05, 4.69) is 43.0 Å². The highest BCUT2D eigenvalue weighted by atomic mass is 16.3. The number of hydrogen-bond donors (Lipinski definition) is 1. The molecule has 0 amide bonds. The van der Waals surface area contributed by atoms with Crippen molar-refractivity contribution in [3.8, 4) is 0 Å². The molecule has 1 N–H and O–H groups in total. The van der Waals surface area contributed by atoms with Gasteiger partial charge in [-0.05, 0) is 57.1 Å². The molecule has 0 radical (unpaired) electrons. The van der Waals surface area contributed by atoms with Crippen LogP contribution in [0, 0.1) is 6.92 Å². The summed E-state index contributed by atoms with van der Waals surface area (Å²) in [4.78, 5) is 4.80. The van der Waals surface area contributed by atoms with Crippen molar-refractivity contribution >= 4 is 5.69 Å². The zero-order valence-corrected chi connectivity index (χ0v) is 11.7. The van der Waals surface area contributed by atoms with Gasteiger partial charge in [-0.1, -0.05) is 12.1 Å². The van der Waals surface area contributed by atoms with Crippen LogP contribution in [0.4, 0.5) is 5.69 Å². The van der Waals surface area contributed by atoms with Gasteiger partial charge in [0.05, 0.1) is 6.61 Å². The molecule has 0 aromatic heterocycles. The second-order valence-electron chi connectivity index (χ2n) is 5.42. The molecule has 0 aliphatic carbocycles. The van der Waals surface area contributed by atoms with Crippen molar-refractivity contribution in [3.63, 3.8) is 0 Å². The SMILES string of the molecule is Cc1cc(CO)ccc1N(C)C1CCN(C)CC1. The van der Waals surface area contributed by atoms with Crippen molar-refractivity contribution in [3.05, 3.63) is 29.3 Å². The van der Waals surface area contributed by atoms with Crippen LogP contribution in [-0.4, -0.2) is 43.2 Å². The Kier molecular flexibility index (Phi) is 4.25. The van der Waals surface area contributed by atoms with Gasteiger partial charge in [0.2, 0.25) is 0 Å². The van der Waals surface area contributed by atoms with E-state index in [-0.39, 0.29) is 6.61 Å². The zero-order chi connectivity index (χ0) is 13.1. The van der Waals surface area contributed by atoms with Gasteiger partial charge in [0.25, 0.3) is 0 Å². The Balaban J connectivity index is 2.11. The van der Waals surface area contributed by atoms with Crippen molar-refractivity contribution in [1.29, 1.82) is 0 Å². The van der Waals surface area contributed by atoms with Crippen LogP contribution < -0.4 is 4.90 Å². The van der Waals surface area contributed by atoms with Gasteiger partial charge in [-0.25, -0.2) is 0 Å². The van der Waals surface area contributed by atoms with Gasteiger partial charge in [0.15, 0.2) is 0 Å². The quantitative estimate of drug-likeness (QED) is 0.886. The average molecular weight is 248 g/mol. The molecule has 1 fully saturated rings. The number of aliphatic hydroxyl groups is 1. The molecule has 3 heteroatoms. The van der Waals surface area contributed by atoms with Crippen molar-refractivity contribution in [2.75, 3.05) is 32.1 Å². The summed E-state index contributed by atoms with van der Waals surface area (Å²) < 4.78 is 0. The smallest absolute Gasteiger partial charge is 0.0681 e. The van der Waals surface area contributed by atoms with Crippen molar-refractivity contribution in [1.82, 2.24) is 4.90 Å². The van der Waals surface area contributed by atoms with Crippen LogP contribution >= 0.6 is 0 Å². The summed E-state index contributed by atoms with van der Waals surface area (Å²) in [6, 6.07) is 6.88. The highest BCUT2D eigenvalue weighted by molar-refractivity contribution is 5.54. The lowest BCUT2D eigenvalue weighted by molar-refractivity contribution is 0.252. The third-order valence-electron chi connectivity index (χ3n) is 4.06. The molecule has 1 saturated heterocycles. The van der Waals surface area contributed by atoms with Crippen LogP contribution in [0.1, 0.15) is 24.0 Å². The first-order chi connectivity index (χ1) is 8.61. The lowest BCUT2D eigenvalue weighted by Gasteiger charge is -2.37. The van der Waals surface area contributed by atoms with E-state index in [4.69, 9.17) is 5.11 Å². The fraction of sp³-hybridized carbons (Fsp3) is 0.600. The monoisotopic (exact) mass is 248 g/mol. The third-order valence-corrected chi connectivity index (χ3v) is 4.06. The largest absolute Gasteiger partial charge is 0.392 e. The molecule has 1 aliphatic heterocycles. The van der Waals surface area contributed by atoms with Crippen LogP contribution in [0.3, 0.4) is 0 Å². The number of hydrogen-bond acceptors (Lipinski definition) is 3. The first-order valence-electron chi connectivity index (χ1n) is 6.73. The van der Waals surface area contributed by atoms with E-state index in [9.17, 15) is 0 Å². The Morgan fingerprint density at radius 1 is 1.33 bits per heavy atom. The van der Waals surface area contributed by atoms with Crippen LogP contribution in [0.25, 0.3) is 0 Å². The highest BCUT2D eigenvalue weighted by Gasteiger charge is 2.21. The van der Waals surface area contributed by atoms with Gasteiger partial charge in [-0.15, -0.1) is 0 Å². The van der Waals surface area contributed by atoms with Gasteiger partial charge in [0, 0.05) is 18.8 Å². The van der Waals surface area contributed by atoms with Gasteiger partial charge in [-0.3, -0.25) is 0 Å². The van der Waals surface area contributed by atoms with E-state index >= 15 is 0 Å². The number of piperidine rings is 1. The number of benzene rings is 1. The first kappa shape index (κ1) is 13.4. The molecule has 0 unspecified atom stereocenters. The Morgan fingerprint density at radius 2 is 2.00 bits per heavy atom. The van der Waals surface area contributed by atoms with Gasteiger partial charge >= 0.3 is 0 Å². The fourth-order valence-corrected chi connectivity index (χ4v) is 2.79. The van der Waals surface area contributed by atoms with Gasteiger partial charge in [0.1, 0.15) is 0 Å². The number of aryl methyl sites for hydroxylation is 1. The summed E-state index contributed by atoms with van der Waals surface area (Å²) in [6.45, 7) is 4.62. The van der Waals surface area contributed by atoms with E-state index in [1.165, 1.54) is 37.2 Å². The molecule has 2 rings (SSSR count). The minimum absolute atomic E-state index is 0.124. The zero-order valence-electron chi connectivity index (χ0n) is 11.7. The molecular formula is C15H24N2O. The molecule has 100 valence electrons. The minimum Gasteiger partial charge on any atom is -0.392 e. The Labute approximate surface area is 110 Å². The molecule has 0 bridgehead atoms. The van der Waals surface area contributed by atoms with Gasteiger partial charge in [-0.2, -0.15) is 0 Å². The number of rotatable bonds is 3. The number of aliphatic hydroxyl groups excluding tert-OH is 1. The second kappa shape index (κ2) is 5.72. The maximum absolute atomic E-state index is 9.15. The normalized spacial score (nSPS) is 18.0. The van der Waals surface area contributed by atoms with Crippen LogP contribution in [-0.2, 0) is 6.61 Å². The molecule has 0 spiro atoms. The summed E-state index contributed by atoms with van der Waals surface area (Å²) in [5.41, 5.74) is 3.54. The fourth-order valence-electron chi connectivity index (χ4n) is 2.79. The van der Waals surface area contributed by atoms with E-state index in [0.29, 0.717) is 6.04 Å². The van der Waals surface area contributed by atoms with Crippen molar-refractivity contribution < 1.29 is 5.11 Å². The average Bonchev–Trinajstić information content (AvgIpc) is 2.38. The van der Waals surface area contributed by atoms with Crippen molar-refractivity contribution in [2.24, 2.45) is 0 Å². The van der Waals surface area contributed by atoms with Crippen LogP contribution in [0.2, 0.25) is 0 Å². The topological polar surface area (TPSA) is 26.7 Å². The number of anilines is 1. The van der Waals surface area contributed by atoms with E-state index in [0.717, 1.165) is 5.56 Å². The van der Waals surface area contributed by atoms with E-state index < -0.39 is 0 Å². The highest BCUT2D eigenvalue weighted by Crippen LogP contribution is 2.25. The first-order valence-corrected chi connectivity index (χ1v) is 6.73. The predicted octanol–water partition coefficient (Wildman–Crippen LogP) is 2.02. The molecule has 1 aliphatic rings. The predicted molar refractivity (Wildman–Crippen MR) is 76.0 cm³/mol. The van der Waals surface area contributed by atoms with Crippen LogP contribution in [0.15, 0.2) is 18.2 Å². The standard InChI is InChI=1S/C15H24N2O/c1-12-10-13(11-18)4-5-15(12)17(3)14-6-8-16(2)9-7-14/h4-5,10,14,18H,6-9,11H2,1-3H3. The van der Waals surface area contributed by atoms with Crippen LogP contribution in [0.5, 0.6) is 0 Å². The number of nitrogens with zero attached hydrogens (tertiary/aromatic N) is 2. The maximum atomic E-state index is 9.15. The summed E-state index contributed by atoms with van der Waals surface area (Å²) in [6.07, 6.45) is 2.46. The molecule has 18 heavy (non-hydrogen) atoms. The molecule has 1 aromatic carbocycles. The second-order valence-corrected chi connectivity index (χ2v) is 5.42. The summed E-state index contributed by atoms with van der Waals surface area (Å²) in [5, 5.41) is 9.15.